The molecule has 1 aromatic heterocycles. The van der Waals surface area contributed by atoms with Crippen molar-refractivity contribution in [3.8, 4) is 0 Å². The number of carbonyl (C=O) groups excluding carboxylic acids is 1. The van der Waals surface area contributed by atoms with Gasteiger partial charge >= 0.3 is 12.0 Å². The second-order valence-electron chi connectivity index (χ2n) is 4.38. The number of carboxylic acid groups (broad SMARTS) is 1. The number of urea groups is 1. The van der Waals surface area contributed by atoms with Gasteiger partial charge in [0, 0.05) is 18.9 Å². The number of carbonyl (C=O) groups is 2. The first-order valence-electron chi connectivity index (χ1n) is 6.20. The Morgan fingerprint density at radius 3 is 2.53 bits per heavy atom. The first-order chi connectivity index (χ1) is 9.04. The Kier molecular flexibility index (Phi) is 5.78. The molecule has 1 rings (SSSR count). The van der Waals surface area contributed by atoms with Crippen LogP contribution >= 0.6 is 0 Å². The first-order valence-corrected chi connectivity index (χ1v) is 6.20. The van der Waals surface area contributed by atoms with Crippen molar-refractivity contribution in [2.24, 2.45) is 5.92 Å². The van der Waals surface area contributed by atoms with Crippen LogP contribution in [0.25, 0.3) is 0 Å². The van der Waals surface area contributed by atoms with E-state index in [4.69, 9.17) is 5.11 Å². The zero-order valence-electron chi connectivity index (χ0n) is 11.1. The highest BCUT2D eigenvalue weighted by atomic mass is 16.4. The molecule has 2 amide bonds. The van der Waals surface area contributed by atoms with Crippen molar-refractivity contribution in [3.63, 3.8) is 0 Å². The summed E-state index contributed by atoms with van der Waals surface area (Å²) in [4.78, 5) is 26.6. The van der Waals surface area contributed by atoms with E-state index in [1.165, 1.54) is 0 Å². The van der Waals surface area contributed by atoms with Gasteiger partial charge in [0.05, 0.1) is 0 Å². The van der Waals surface area contributed by atoms with Crippen LogP contribution in [0.3, 0.4) is 0 Å². The van der Waals surface area contributed by atoms with Gasteiger partial charge in [-0.15, -0.1) is 0 Å². The fourth-order valence-corrected chi connectivity index (χ4v) is 1.56. The molecule has 1 aromatic rings. The minimum atomic E-state index is -1.02. The highest BCUT2D eigenvalue weighted by molar-refractivity contribution is 5.82. The lowest BCUT2D eigenvalue weighted by molar-refractivity contribution is -0.140. The molecule has 0 saturated heterocycles. The molecule has 19 heavy (non-hydrogen) atoms. The van der Waals surface area contributed by atoms with E-state index in [1.807, 2.05) is 6.92 Å². The van der Waals surface area contributed by atoms with Crippen LogP contribution < -0.4 is 10.6 Å². The molecule has 0 fully saturated rings. The van der Waals surface area contributed by atoms with Crippen molar-refractivity contribution in [1.82, 2.24) is 15.6 Å². The zero-order valence-corrected chi connectivity index (χ0v) is 11.1. The monoisotopic (exact) mass is 265 g/mol. The SMILES string of the molecule is CC[C@H](C)[C@H](NC(=O)NCc1ccncc1)C(=O)O. The van der Waals surface area contributed by atoms with Crippen LogP contribution in [0.15, 0.2) is 24.5 Å². The number of nitrogens with one attached hydrogen (secondary N) is 2. The Hall–Kier alpha value is -2.11. The van der Waals surface area contributed by atoms with Crippen molar-refractivity contribution in [1.29, 1.82) is 0 Å². The number of hydrogen-bond donors (Lipinski definition) is 3. The predicted octanol–water partition coefficient (Wildman–Crippen LogP) is 1.38. The molecule has 0 aliphatic heterocycles. The van der Waals surface area contributed by atoms with Crippen LogP contribution in [0.2, 0.25) is 0 Å². The minimum absolute atomic E-state index is 0.121. The molecule has 0 saturated carbocycles. The third-order valence-electron chi connectivity index (χ3n) is 2.97. The van der Waals surface area contributed by atoms with Crippen LogP contribution in [-0.2, 0) is 11.3 Å². The summed E-state index contributed by atoms with van der Waals surface area (Å²) in [5.41, 5.74) is 0.903. The van der Waals surface area contributed by atoms with E-state index in [9.17, 15) is 9.59 Å². The summed E-state index contributed by atoms with van der Waals surface area (Å²) < 4.78 is 0. The highest BCUT2D eigenvalue weighted by Crippen LogP contribution is 2.07. The third-order valence-corrected chi connectivity index (χ3v) is 2.97. The lowest BCUT2D eigenvalue weighted by atomic mass is 9.99. The molecule has 6 nitrogen and oxygen atoms in total. The zero-order chi connectivity index (χ0) is 14.3. The summed E-state index contributed by atoms with van der Waals surface area (Å²) in [5, 5.41) is 14.2. The number of pyridine rings is 1. The van der Waals surface area contributed by atoms with Crippen LogP contribution in [0.5, 0.6) is 0 Å². The van der Waals surface area contributed by atoms with Crippen LogP contribution in [-0.4, -0.2) is 28.1 Å². The quantitative estimate of drug-likeness (QED) is 0.724. The van der Waals surface area contributed by atoms with Gasteiger partial charge in [-0.3, -0.25) is 4.98 Å². The topological polar surface area (TPSA) is 91.3 Å². The normalized spacial score (nSPS) is 13.4. The van der Waals surface area contributed by atoms with E-state index in [0.717, 1.165) is 5.56 Å². The van der Waals surface area contributed by atoms with Gasteiger partial charge in [0.15, 0.2) is 0 Å². The smallest absolute Gasteiger partial charge is 0.326 e. The maximum Gasteiger partial charge on any atom is 0.326 e. The number of carboxylic acids is 1. The summed E-state index contributed by atoms with van der Waals surface area (Å²) in [5.74, 6) is -1.14. The molecule has 6 heteroatoms. The van der Waals surface area contributed by atoms with Crippen molar-refractivity contribution in [2.45, 2.75) is 32.9 Å². The van der Waals surface area contributed by atoms with Gasteiger partial charge in [-0.05, 0) is 23.6 Å². The number of aliphatic carboxylic acids is 1. The fraction of sp³-hybridized carbons (Fsp3) is 0.462. The van der Waals surface area contributed by atoms with Crippen molar-refractivity contribution < 1.29 is 14.7 Å². The summed E-state index contributed by atoms with van der Waals surface area (Å²) >= 11 is 0. The second kappa shape index (κ2) is 7.35. The fourth-order valence-electron chi connectivity index (χ4n) is 1.56. The molecular weight excluding hydrogens is 246 g/mol. The molecule has 3 N–H and O–H groups in total. The summed E-state index contributed by atoms with van der Waals surface area (Å²) in [7, 11) is 0. The lowest BCUT2D eigenvalue weighted by Gasteiger charge is -2.20. The molecule has 0 radical (unpaired) electrons. The Morgan fingerprint density at radius 2 is 2.00 bits per heavy atom. The van der Waals surface area contributed by atoms with E-state index < -0.39 is 18.0 Å². The molecule has 0 bridgehead atoms. The molecular formula is C13H19N3O3. The number of aromatic nitrogens is 1. The molecule has 0 spiro atoms. The number of amides is 2. The molecule has 0 aliphatic carbocycles. The van der Waals surface area contributed by atoms with Crippen molar-refractivity contribution >= 4 is 12.0 Å². The number of hydrogen-bond acceptors (Lipinski definition) is 3. The third kappa shape index (κ3) is 4.95. The molecule has 0 unspecified atom stereocenters. The van der Waals surface area contributed by atoms with Crippen LogP contribution in [0, 0.1) is 5.92 Å². The van der Waals surface area contributed by atoms with E-state index >= 15 is 0 Å². The highest BCUT2D eigenvalue weighted by Gasteiger charge is 2.24. The predicted molar refractivity (Wildman–Crippen MR) is 70.5 cm³/mol. The van der Waals surface area contributed by atoms with Gasteiger partial charge in [-0.25, -0.2) is 9.59 Å². The number of rotatable bonds is 6. The maximum atomic E-state index is 11.7. The van der Waals surface area contributed by atoms with Crippen molar-refractivity contribution in [2.75, 3.05) is 0 Å². The largest absolute Gasteiger partial charge is 0.480 e. The first kappa shape index (κ1) is 14.9. The Labute approximate surface area is 112 Å². The van der Waals surface area contributed by atoms with Gasteiger partial charge in [0.1, 0.15) is 6.04 Å². The molecule has 104 valence electrons. The average molecular weight is 265 g/mol. The van der Waals surface area contributed by atoms with Crippen molar-refractivity contribution in [3.05, 3.63) is 30.1 Å². The van der Waals surface area contributed by atoms with E-state index in [2.05, 4.69) is 15.6 Å². The van der Waals surface area contributed by atoms with E-state index in [0.29, 0.717) is 13.0 Å². The standard InChI is InChI=1S/C13H19N3O3/c1-3-9(2)11(12(17)18)16-13(19)15-8-10-4-6-14-7-5-10/h4-7,9,11H,3,8H2,1-2H3,(H,17,18)(H2,15,16,19)/t9-,11-/m0/s1. The summed E-state index contributed by atoms with van der Waals surface area (Å²) in [6, 6.07) is 2.21. The average Bonchev–Trinajstić information content (AvgIpc) is 2.42. The summed E-state index contributed by atoms with van der Waals surface area (Å²) in [6.45, 7) is 4.01. The van der Waals surface area contributed by atoms with E-state index in [-0.39, 0.29) is 5.92 Å². The van der Waals surface area contributed by atoms with Gasteiger partial charge in [0.2, 0.25) is 0 Å². The summed E-state index contributed by atoms with van der Waals surface area (Å²) in [6.07, 6.45) is 3.95. The van der Waals surface area contributed by atoms with Gasteiger partial charge < -0.3 is 15.7 Å². The Morgan fingerprint density at radius 1 is 1.37 bits per heavy atom. The molecule has 0 aromatic carbocycles. The second-order valence-corrected chi connectivity index (χ2v) is 4.38. The van der Waals surface area contributed by atoms with Gasteiger partial charge in [0.25, 0.3) is 0 Å². The van der Waals surface area contributed by atoms with E-state index in [1.54, 1.807) is 31.5 Å². The molecule has 2 atom stereocenters. The van der Waals surface area contributed by atoms with Gasteiger partial charge in [-0.1, -0.05) is 20.3 Å². The molecule has 0 aliphatic rings. The molecule has 1 heterocycles. The van der Waals surface area contributed by atoms with Gasteiger partial charge in [-0.2, -0.15) is 0 Å². The maximum absolute atomic E-state index is 11.7. The van der Waals surface area contributed by atoms with Crippen LogP contribution in [0.1, 0.15) is 25.8 Å². The Balaban J connectivity index is 2.47. The van der Waals surface area contributed by atoms with Crippen LogP contribution in [0.4, 0.5) is 4.79 Å². The number of nitrogens with zero attached hydrogens (tertiary/aromatic N) is 1. The minimum Gasteiger partial charge on any atom is -0.480 e. The lowest BCUT2D eigenvalue weighted by Crippen LogP contribution is -2.48. The Bertz CT molecular complexity index is 422.